The van der Waals surface area contributed by atoms with E-state index in [9.17, 15) is 9.90 Å². The molecule has 3 aromatic carbocycles. The quantitative estimate of drug-likeness (QED) is 0.563. The molecule has 0 saturated carbocycles. The van der Waals surface area contributed by atoms with Gasteiger partial charge in [-0.25, -0.2) is 0 Å². The molecule has 4 heteroatoms. The summed E-state index contributed by atoms with van der Waals surface area (Å²) in [4.78, 5) is 14.8. The topological polar surface area (TPSA) is 40.5 Å². The van der Waals surface area contributed by atoms with Crippen molar-refractivity contribution in [1.82, 2.24) is 4.90 Å². The number of carbonyl (C=O) groups excluding carboxylic acids is 1. The molecule has 0 saturated heterocycles. The number of carbonyl (C=O) groups is 1. The second kappa shape index (κ2) is 7.64. The lowest BCUT2D eigenvalue weighted by molar-refractivity contribution is -0.130. The van der Waals surface area contributed by atoms with E-state index >= 15 is 0 Å². The Hall–Kier alpha value is -2.85. The normalized spacial score (nSPS) is 16.7. The Balaban J connectivity index is 1.84. The molecule has 0 radical (unpaired) electrons. The monoisotopic (exact) mass is 433 g/mol. The fourth-order valence-electron chi connectivity index (χ4n) is 3.64. The predicted octanol–water partition coefficient (Wildman–Crippen LogP) is 5.81. The van der Waals surface area contributed by atoms with Gasteiger partial charge in [-0.3, -0.25) is 4.79 Å². The first-order valence-electron chi connectivity index (χ1n) is 9.16. The highest BCUT2D eigenvalue weighted by Crippen LogP contribution is 2.45. The minimum atomic E-state index is -0.369. The average molecular weight is 434 g/mol. The van der Waals surface area contributed by atoms with Crippen LogP contribution in [-0.2, 0) is 11.3 Å². The molecule has 28 heavy (non-hydrogen) atoms. The molecule has 1 heterocycles. The molecule has 0 aliphatic carbocycles. The van der Waals surface area contributed by atoms with Gasteiger partial charge in [-0.2, -0.15) is 0 Å². The second-order valence-corrected chi connectivity index (χ2v) is 7.83. The maximum Gasteiger partial charge on any atom is 0.290 e. The molecular weight excluding hydrogens is 414 g/mol. The van der Waals surface area contributed by atoms with Gasteiger partial charge in [0.1, 0.15) is 0 Å². The van der Waals surface area contributed by atoms with Gasteiger partial charge in [0.05, 0.1) is 6.04 Å². The van der Waals surface area contributed by atoms with E-state index in [1.54, 1.807) is 4.90 Å². The van der Waals surface area contributed by atoms with Crippen molar-refractivity contribution in [2.45, 2.75) is 19.5 Å². The highest BCUT2D eigenvalue weighted by Gasteiger charge is 2.41. The first-order chi connectivity index (χ1) is 13.6. The zero-order valence-electron chi connectivity index (χ0n) is 15.5. The van der Waals surface area contributed by atoms with E-state index in [0.29, 0.717) is 12.1 Å². The van der Waals surface area contributed by atoms with Gasteiger partial charge in [-0.15, -0.1) is 0 Å². The predicted molar refractivity (Wildman–Crippen MR) is 115 cm³/mol. The third-order valence-corrected chi connectivity index (χ3v) is 5.78. The number of halogens is 1. The zero-order valence-corrected chi connectivity index (χ0v) is 17.1. The van der Waals surface area contributed by atoms with Crippen molar-refractivity contribution in [3.8, 4) is 0 Å². The van der Waals surface area contributed by atoms with Crippen LogP contribution in [-0.4, -0.2) is 15.9 Å². The molecule has 1 amide bonds. The fourth-order valence-corrected chi connectivity index (χ4v) is 4.15. The third-order valence-electron chi connectivity index (χ3n) is 5.06. The molecule has 140 valence electrons. The van der Waals surface area contributed by atoms with Crippen molar-refractivity contribution in [3.05, 3.63) is 111 Å². The molecule has 0 bridgehead atoms. The molecule has 0 aromatic heterocycles. The number of amides is 1. The van der Waals surface area contributed by atoms with Gasteiger partial charge in [0.15, 0.2) is 5.76 Å². The lowest BCUT2D eigenvalue weighted by Gasteiger charge is -2.28. The number of rotatable bonds is 4. The molecule has 3 aromatic rings. The molecule has 0 fully saturated rings. The van der Waals surface area contributed by atoms with Crippen LogP contribution in [0.1, 0.15) is 28.3 Å². The molecule has 4 rings (SSSR count). The first kappa shape index (κ1) is 18.5. The number of aliphatic hydroxyl groups excluding tert-OH is 1. The molecule has 3 nitrogen and oxygen atoms in total. The van der Waals surface area contributed by atoms with Gasteiger partial charge in [-0.05, 0) is 29.7 Å². The number of hydrogen-bond donors (Lipinski definition) is 1. The summed E-state index contributed by atoms with van der Waals surface area (Å²) in [7, 11) is 0. The summed E-state index contributed by atoms with van der Waals surface area (Å²) < 4.78 is 0.908. The standard InChI is InChI=1S/C24H20BrNO2/c1-16-11-13-18(14-12-16)21-22(19-9-5-6-10-20(19)25)26(24(28)23(21)27)15-17-7-3-2-4-8-17/h2-14,22,27H,15H2,1H3. The fraction of sp³-hybridized carbons (Fsp3) is 0.125. The minimum Gasteiger partial charge on any atom is -0.503 e. The van der Waals surface area contributed by atoms with E-state index < -0.39 is 0 Å². The lowest BCUT2D eigenvalue weighted by atomic mass is 9.93. The van der Waals surface area contributed by atoms with E-state index in [2.05, 4.69) is 15.9 Å². The van der Waals surface area contributed by atoms with E-state index in [0.717, 1.165) is 26.7 Å². The highest BCUT2D eigenvalue weighted by atomic mass is 79.9. The zero-order chi connectivity index (χ0) is 19.7. The Bertz CT molecular complexity index is 1040. The van der Waals surface area contributed by atoms with E-state index in [-0.39, 0.29) is 17.7 Å². The van der Waals surface area contributed by atoms with E-state index in [1.807, 2.05) is 85.8 Å². The van der Waals surface area contributed by atoms with Crippen molar-refractivity contribution in [1.29, 1.82) is 0 Å². The second-order valence-electron chi connectivity index (χ2n) is 6.97. The Morgan fingerprint density at radius 2 is 1.57 bits per heavy atom. The lowest BCUT2D eigenvalue weighted by Crippen LogP contribution is -2.30. The Morgan fingerprint density at radius 3 is 2.25 bits per heavy atom. The summed E-state index contributed by atoms with van der Waals surface area (Å²) in [5, 5.41) is 10.8. The van der Waals surface area contributed by atoms with Crippen LogP contribution in [0.3, 0.4) is 0 Å². The Morgan fingerprint density at radius 1 is 0.929 bits per heavy atom. The molecule has 1 N–H and O–H groups in total. The summed E-state index contributed by atoms with van der Waals surface area (Å²) in [6.45, 7) is 2.44. The Kier molecular flexibility index (Phi) is 5.05. The molecule has 1 aliphatic heterocycles. The summed E-state index contributed by atoms with van der Waals surface area (Å²) in [5.74, 6) is -0.527. The summed E-state index contributed by atoms with van der Waals surface area (Å²) in [6, 6.07) is 25.2. The van der Waals surface area contributed by atoms with Crippen molar-refractivity contribution in [3.63, 3.8) is 0 Å². The molecule has 1 aliphatic rings. The number of nitrogens with zero attached hydrogens (tertiary/aromatic N) is 1. The van der Waals surface area contributed by atoms with Gasteiger partial charge in [0.2, 0.25) is 0 Å². The number of aliphatic hydroxyl groups is 1. The molecule has 1 unspecified atom stereocenters. The van der Waals surface area contributed by atoms with Crippen molar-refractivity contribution in [2.24, 2.45) is 0 Å². The summed E-state index contributed by atoms with van der Waals surface area (Å²) in [5.41, 5.74) is 4.60. The van der Waals surface area contributed by atoms with Crippen molar-refractivity contribution < 1.29 is 9.90 Å². The molecular formula is C24H20BrNO2. The summed E-state index contributed by atoms with van der Waals surface area (Å²) >= 11 is 3.63. The van der Waals surface area contributed by atoms with Crippen LogP contribution in [0.5, 0.6) is 0 Å². The Labute approximate surface area is 173 Å². The van der Waals surface area contributed by atoms with Crippen LogP contribution >= 0.6 is 15.9 Å². The maximum absolute atomic E-state index is 13.1. The smallest absolute Gasteiger partial charge is 0.290 e. The van der Waals surface area contributed by atoms with Crippen LogP contribution in [0.2, 0.25) is 0 Å². The van der Waals surface area contributed by atoms with E-state index in [1.165, 1.54) is 0 Å². The first-order valence-corrected chi connectivity index (χ1v) is 9.95. The SMILES string of the molecule is Cc1ccc(C2=C(O)C(=O)N(Cc3ccccc3)C2c2ccccc2Br)cc1. The van der Waals surface area contributed by atoms with Crippen molar-refractivity contribution in [2.75, 3.05) is 0 Å². The van der Waals surface area contributed by atoms with Crippen LogP contribution in [0.4, 0.5) is 0 Å². The van der Waals surface area contributed by atoms with Crippen LogP contribution in [0.25, 0.3) is 5.57 Å². The molecule has 1 atom stereocenters. The minimum absolute atomic E-state index is 0.180. The van der Waals surface area contributed by atoms with Gasteiger partial charge in [0, 0.05) is 16.6 Å². The highest BCUT2D eigenvalue weighted by molar-refractivity contribution is 9.10. The van der Waals surface area contributed by atoms with Gasteiger partial charge in [0.25, 0.3) is 5.91 Å². The van der Waals surface area contributed by atoms with Gasteiger partial charge >= 0.3 is 0 Å². The van der Waals surface area contributed by atoms with Gasteiger partial charge < -0.3 is 10.0 Å². The van der Waals surface area contributed by atoms with E-state index in [4.69, 9.17) is 0 Å². The summed E-state index contributed by atoms with van der Waals surface area (Å²) in [6.07, 6.45) is 0. The average Bonchev–Trinajstić information content (AvgIpc) is 2.95. The van der Waals surface area contributed by atoms with Crippen LogP contribution in [0, 0.1) is 6.92 Å². The van der Waals surface area contributed by atoms with Crippen LogP contribution in [0.15, 0.2) is 89.1 Å². The van der Waals surface area contributed by atoms with Gasteiger partial charge in [-0.1, -0.05) is 94.3 Å². The third kappa shape index (κ3) is 3.36. The number of benzene rings is 3. The molecule has 0 spiro atoms. The number of hydrogen-bond acceptors (Lipinski definition) is 2. The largest absolute Gasteiger partial charge is 0.503 e. The number of aryl methyl sites for hydroxylation is 1. The maximum atomic E-state index is 13.1. The van der Waals surface area contributed by atoms with Crippen LogP contribution < -0.4 is 0 Å². The van der Waals surface area contributed by atoms with Crippen molar-refractivity contribution >= 4 is 27.4 Å².